The molecule has 0 saturated heterocycles. The van der Waals surface area contributed by atoms with Crippen LogP contribution in [0.1, 0.15) is 56.5 Å². The quantitative estimate of drug-likeness (QED) is 0.460. The molecule has 0 saturated carbocycles. The molecule has 1 aromatic rings. The first-order chi connectivity index (χ1) is 11.5. The number of thiazole rings is 1. The molecule has 1 aliphatic carbocycles. The largest absolute Gasteiger partial charge is 0.465 e. The minimum Gasteiger partial charge on any atom is -0.465 e. The number of fused-ring (bicyclic) bond motifs is 1. The average Bonchev–Trinajstić information content (AvgIpc) is 2.94. The molecule has 136 valence electrons. The summed E-state index contributed by atoms with van der Waals surface area (Å²) in [7, 11) is 0. The molecule has 0 amide bonds. The molecule has 0 aliphatic heterocycles. The molecule has 0 bridgehead atoms. The minimum absolute atomic E-state index is 0.205. The van der Waals surface area contributed by atoms with E-state index in [4.69, 9.17) is 30.1 Å². The van der Waals surface area contributed by atoms with E-state index in [9.17, 15) is 4.79 Å². The lowest BCUT2D eigenvalue weighted by Gasteiger charge is -2.19. The van der Waals surface area contributed by atoms with E-state index in [0.29, 0.717) is 25.0 Å². The Kier molecular flexibility index (Phi) is 7.62. The Morgan fingerprint density at radius 3 is 2.67 bits per heavy atom. The molecule has 0 fully saturated rings. The summed E-state index contributed by atoms with van der Waals surface area (Å²) in [6, 6.07) is 0. The summed E-state index contributed by atoms with van der Waals surface area (Å²) in [6.07, 6.45) is 3.39. The van der Waals surface area contributed by atoms with Gasteiger partial charge in [-0.05, 0) is 39.5 Å². The van der Waals surface area contributed by atoms with Crippen LogP contribution in [-0.2, 0) is 36.8 Å². The molecule has 6 nitrogen and oxygen atoms in total. The molecular formula is C15H24NO5PS2. The van der Waals surface area contributed by atoms with Crippen molar-refractivity contribution in [2.45, 2.75) is 52.4 Å². The van der Waals surface area contributed by atoms with E-state index in [1.165, 1.54) is 11.3 Å². The van der Waals surface area contributed by atoms with E-state index >= 15 is 0 Å². The zero-order chi connectivity index (χ0) is 17.6. The smallest absolute Gasteiger partial charge is 0.382 e. The highest BCUT2D eigenvalue weighted by Crippen LogP contribution is 2.51. The third-order valence-electron chi connectivity index (χ3n) is 3.43. The van der Waals surface area contributed by atoms with Crippen molar-refractivity contribution >= 4 is 35.8 Å². The Bertz CT molecular complexity index is 597. The van der Waals surface area contributed by atoms with Gasteiger partial charge in [0.2, 0.25) is 0 Å². The fraction of sp³-hybridized carbons (Fsp3) is 0.733. The van der Waals surface area contributed by atoms with Gasteiger partial charge in [-0.2, -0.15) is 0 Å². The predicted octanol–water partition coefficient (Wildman–Crippen LogP) is 4.19. The lowest BCUT2D eigenvalue weighted by Crippen LogP contribution is -2.20. The Morgan fingerprint density at radius 2 is 2.04 bits per heavy atom. The molecule has 1 aliphatic rings. The van der Waals surface area contributed by atoms with Crippen molar-refractivity contribution in [1.82, 2.24) is 4.98 Å². The number of aryl methyl sites for hydroxylation is 1. The zero-order valence-electron chi connectivity index (χ0n) is 14.3. The minimum atomic E-state index is -2.84. The maximum absolute atomic E-state index is 12.3. The van der Waals surface area contributed by atoms with Crippen LogP contribution in [0.4, 0.5) is 0 Å². The van der Waals surface area contributed by atoms with Crippen LogP contribution in [0.5, 0.6) is 5.19 Å². The molecular weight excluding hydrogens is 369 g/mol. The van der Waals surface area contributed by atoms with Crippen LogP contribution < -0.4 is 4.52 Å². The van der Waals surface area contributed by atoms with E-state index in [-0.39, 0.29) is 11.9 Å². The van der Waals surface area contributed by atoms with Crippen molar-refractivity contribution in [3.8, 4) is 5.19 Å². The second kappa shape index (κ2) is 9.25. The molecule has 1 heterocycles. The van der Waals surface area contributed by atoms with Gasteiger partial charge < -0.3 is 9.26 Å². The van der Waals surface area contributed by atoms with E-state index in [2.05, 4.69) is 4.98 Å². The molecule has 0 spiro atoms. The summed E-state index contributed by atoms with van der Waals surface area (Å²) in [6.45, 7) is 4.08. The molecule has 0 N–H and O–H groups in total. The van der Waals surface area contributed by atoms with Crippen LogP contribution >= 0.6 is 18.1 Å². The second-order valence-corrected chi connectivity index (χ2v) is 9.26. The molecule has 24 heavy (non-hydrogen) atoms. The van der Waals surface area contributed by atoms with Crippen molar-refractivity contribution in [1.29, 1.82) is 0 Å². The number of ether oxygens (including phenoxy) is 1. The van der Waals surface area contributed by atoms with Gasteiger partial charge in [-0.15, -0.1) is 0 Å². The van der Waals surface area contributed by atoms with Gasteiger partial charge in [-0.25, -0.2) is 4.98 Å². The van der Waals surface area contributed by atoms with Gasteiger partial charge in [-0.1, -0.05) is 18.3 Å². The normalized spacial score (nSPS) is 17.4. The number of aromatic nitrogens is 1. The molecule has 2 rings (SSSR count). The molecule has 0 radical (unpaired) electrons. The van der Waals surface area contributed by atoms with Crippen LogP contribution in [0.2, 0.25) is 0 Å². The summed E-state index contributed by atoms with van der Waals surface area (Å²) in [5.74, 6) is -0.519. The van der Waals surface area contributed by atoms with Gasteiger partial charge in [-0.3, -0.25) is 13.8 Å². The number of hydrogen-bond acceptors (Lipinski definition) is 8. The lowest BCUT2D eigenvalue weighted by molar-refractivity contribution is -0.146. The van der Waals surface area contributed by atoms with Crippen LogP contribution in [0.3, 0.4) is 0 Å². The second-order valence-electron chi connectivity index (χ2n) is 5.27. The van der Waals surface area contributed by atoms with Gasteiger partial charge in [0.25, 0.3) is 5.19 Å². The molecule has 1 unspecified atom stereocenters. The predicted molar refractivity (Wildman–Crippen MR) is 97.2 cm³/mol. The van der Waals surface area contributed by atoms with Gasteiger partial charge in [0.05, 0.1) is 25.5 Å². The summed E-state index contributed by atoms with van der Waals surface area (Å²) in [5, 5.41) is 0.417. The highest BCUT2D eigenvalue weighted by molar-refractivity contribution is 8.07. The van der Waals surface area contributed by atoms with Gasteiger partial charge in [0.15, 0.2) is 0 Å². The van der Waals surface area contributed by atoms with Crippen LogP contribution in [-0.4, -0.2) is 30.8 Å². The van der Waals surface area contributed by atoms with E-state index in [1.54, 1.807) is 0 Å². The highest BCUT2D eigenvalue weighted by atomic mass is 32.5. The number of nitrogens with zero attached hydrogens (tertiary/aromatic N) is 1. The van der Waals surface area contributed by atoms with Crippen molar-refractivity contribution in [3.05, 3.63) is 10.6 Å². The number of rotatable bonds is 9. The molecule has 1 aromatic heterocycles. The topological polar surface area (TPSA) is 66.9 Å². The molecule has 9 heteroatoms. The summed E-state index contributed by atoms with van der Waals surface area (Å²) >= 11 is 6.80. The highest BCUT2D eigenvalue weighted by Gasteiger charge is 2.33. The number of esters is 1. The van der Waals surface area contributed by atoms with Crippen molar-refractivity contribution in [2.24, 2.45) is 0 Å². The van der Waals surface area contributed by atoms with Gasteiger partial charge >= 0.3 is 12.7 Å². The Hall–Kier alpha value is -0.530. The first-order valence-corrected chi connectivity index (χ1v) is 11.6. The third kappa shape index (κ3) is 4.99. The molecule has 0 aromatic carbocycles. The third-order valence-corrected chi connectivity index (χ3v) is 6.97. The van der Waals surface area contributed by atoms with E-state index < -0.39 is 6.72 Å². The Labute approximate surface area is 152 Å². The van der Waals surface area contributed by atoms with E-state index in [0.717, 1.165) is 36.3 Å². The van der Waals surface area contributed by atoms with Crippen LogP contribution in [0, 0.1) is 0 Å². The summed E-state index contributed by atoms with van der Waals surface area (Å²) in [5.41, 5.74) is 0.761. The summed E-state index contributed by atoms with van der Waals surface area (Å²) in [4.78, 5) is 17.8. The fourth-order valence-electron chi connectivity index (χ4n) is 2.47. The Morgan fingerprint density at radius 1 is 1.33 bits per heavy atom. The van der Waals surface area contributed by atoms with Crippen molar-refractivity contribution in [3.63, 3.8) is 0 Å². The average molecular weight is 393 g/mol. The monoisotopic (exact) mass is 393 g/mol. The standard InChI is InChI=1S/C15H24NO5PS2/c1-4-10-18-14(17)11-8-7-9-12-13(11)16-15(24-12)21-22(23,19-5-2)20-6-3/h11H,4-10H2,1-3H3. The fourth-order valence-corrected chi connectivity index (χ4v) is 5.84. The first-order valence-electron chi connectivity index (χ1n) is 8.27. The maximum atomic E-state index is 12.3. The number of carbonyl (C=O) groups is 1. The van der Waals surface area contributed by atoms with Crippen molar-refractivity contribution < 1.29 is 23.1 Å². The van der Waals surface area contributed by atoms with Gasteiger partial charge in [0, 0.05) is 16.7 Å². The maximum Gasteiger partial charge on any atom is 0.382 e. The molecule has 1 atom stereocenters. The van der Waals surface area contributed by atoms with Crippen molar-refractivity contribution in [2.75, 3.05) is 19.8 Å². The number of carbonyl (C=O) groups excluding carboxylic acids is 1. The van der Waals surface area contributed by atoms with Crippen LogP contribution in [0.25, 0.3) is 0 Å². The SMILES string of the molecule is CCCOC(=O)C1CCCc2sc(OP(=S)(OCC)OCC)nc21. The lowest BCUT2D eigenvalue weighted by atomic mass is 9.91. The summed E-state index contributed by atoms with van der Waals surface area (Å²) < 4.78 is 22.1. The number of hydrogen-bond donors (Lipinski definition) is 0. The first kappa shape index (κ1) is 19.8. The van der Waals surface area contributed by atoms with Gasteiger partial charge in [0.1, 0.15) is 5.92 Å². The zero-order valence-corrected chi connectivity index (χ0v) is 16.8. The van der Waals surface area contributed by atoms with E-state index in [1.807, 2.05) is 20.8 Å². The Balaban J connectivity index is 2.17. The van der Waals surface area contributed by atoms with Crippen LogP contribution in [0.15, 0.2) is 0 Å².